The van der Waals surface area contributed by atoms with E-state index < -0.39 is 18.0 Å². The number of fused-ring (bicyclic) bond motifs is 2. The number of aromatic nitrogens is 3. The van der Waals surface area contributed by atoms with Gasteiger partial charge in [0.1, 0.15) is 5.82 Å². The van der Waals surface area contributed by atoms with E-state index in [0.717, 1.165) is 21.3 Å². The molecule has 0 saturated carbocycles. The number of amides is 1. The van der Waals surface area contributed by atoms with Crippen molar-refractivity contribution in [1.82, 2.24) is 15.0 Å². The number of H-pyrrole nitrogens is 1. The van der Waals surface area contributed by atoms with E-state index in [2.05, 4.69) is 20.3 Å². The van der Waals surface area contributed by atoms with Gasteiger partial charge in [-0.3, -0.25) is 10.1 Å². The highest BCUT2D eigenvalue weighted by Gasteiger charge is 2.25. The van der Waals surface area contributed by atoms with Crippen molar-refractivity contribution in [2.45, 2.75) is 19.4 Å². The molecule has 0 saturated heterocycles. The van der Waals surface area contributed by atoms with Gasteiger partial charge in [-0.1, -0.05) is 60.7 Å². The number of hydrogen-bond donors (Lipinski definition) is 2. The zero-order chi connectivity index (χ0) is 22.8. The van der Waals surface area contributed by atoms with Gasteiger partial charge in [-0.25, -0.2) is 14.8 Å². The van der Waals surface area contributed by atoms with Crippen LogP contribution in [0, 0.1) is 0 Å². The highest BCUT2D eigenvalue weighted by atomic mass is 32.1. The maximum atomic E-state index is 13.1. The summed E-state index contributed by atoms with van der Waals surface area (Å²) in [6.45, 7) is 1.79. The quantitative estimate of drug-likeness (QED) is 0.333. The zero-order valence-electron chi connectivity index (χ0n) is 17.7. The minimum Gasteiger partial charge on any atom is -0.449 e. The molecule has 5 aromatic rings. The Morgan fingerprint density at radius 3 is 2.48 bits per heavy atom. The summed E-state index contributed by atoms with van der Waals surface area (Å²) in [5.41, 5.74) is 3.43. The molecule has 0 aliphatic heterocycles. The Labute approximate surface area is 193 Å². The Balaban J connectivity index is 1.36. The smallest absolute Gasteiger partial charge is 0.339 e. The van der Waals surface area contributed by atoms with Gasteiger partial charge >= 0.3 is 5.97 Å². The van der Waals surface area contributed by atoms with Crippen LogP contribution in [0.2, 0.25) is 0 Å². The number of thiazole rings is 1. The van der Waals surface area contributed by atoms with Crippen LogP contribution in [0.25, 0.3) is 32.6 Å². The number of hydrogen-bond acceptors (Lipinski definition) is 6. The van der Waals surface area contributed by atoms with Crippen molar-refractivity contribution < 1.29 is 14.3 Å². The molecule has 8 heteroatoms. The van der Waals surface area contributed by atoms with E-state index in [1.807, 2.05) is 54.6 Å². The molecule has 2 aromatic heterocycles. The van der Waals surface area contributed by atoms with E-state index in [9.17, 15) is 9.59 Å². The molecule has 7 nitrogen and oxygen atoms in total. The minimum atomic E-state index is -0.951. The van der Waals surface area contributed by atoms with Crippen LogP contribution in [0.1, 0.15) is 23.7 Å². The number of carbonyl (C=O) groups is 2. The third-order valence-electron chi connectivity index (χ3n) is 5.23. The van der Waals surface area contributed by atoms with Crippen LogP contribution in [-0.2, 0) is 9.53 Å². The SMILES string of the molecule is CCC(OC(=O)c1ccccc1-c1nc2ccccc2[nH]1)C(=O)Nc1nc2ccccc2s1. The van der Waals surface area contributed by atoms with E-state index in [4.69, 9.17) is 4.74 Å². The molecular weight excluding hydrogens is 436 g/mol. The molecule has 0 aliphatic carbocycles. The number of esters is 1. The van der Waals surface area contributed by atoms with Crippen molar-refractivity contribution in [3.63, 3.8) is 0 Å². The molecule has 0 spiro atoms. The number of carbonyl (C=O) groups excluding carboxylic acids is 2. The van der Waals surface area contributed by atoms with Gasteiger partial charge < -0.3 is 9.72 Å². The normalized spacial score (nSPS) is 12.0. The molecule has 0 aliphatic rings. The van der Waals surface area contributed by atoms with E-state index in [-0.39, 0.29) is 0 Å². The summed E-state index contributed by atoms with van der Waals surface area (Å²) in [6, 6.07) is 22.3. The van der Waals surface area contributed by atoms with Crippen molar-refractivity contribution in [2.24, 2.45) is 0 Å². The molecule has 2 heterocycles. The highest BCUT2D eigenvalue weighted by Crippen LogP contribution is 2.27. The fourth-order valence-electron chi connectivity index (χ4n) is 3.57. The van der Waals surface area contributed by atoms with Crippen LogP contribution in [0.15, 0.2) is 72.8 Å². The van der Waals surface area contributed by atoms with Gasteiger partial charge in [0.2, 0.25) is 0 Å². The van der Waals surface area contributed by atoms with E-state index in [1.165, 1.54) is 11.3 Å². The second-order valence-electron chi connectivity index (χ2n) is 7.43. The van der Waals surface area contributed by atoms with Crippen molar-refractivity contribution in [1.29, 1.82) is 0 Å². The minimum absolute atomic E-state index is 0.329. The maximum Gasteiger partial charge on any atom is 0.339 e. The number of aromatic amines is 1. The van der Waals surface area contributed by atoms with Crippen molar-refractivity contribution in [3.05, 3.63) is 78.4 Å². The van der Waals surface area contributed by atoms with Crippen LogP contribution < -0.4 is 5.32 Å². The fourth-order valence-corrected chi connectivity index (χ4v) is 4.44. The standard InChI is InChI=1S/C25H20N4O3S/c1-2-20(23(30)29-25-28-19-13-7-8-14-21(19)33-25)32-24(31)16-10-4-3-9-15(16)22-26-17-11-5-6-12-18(17)27-22/h3-14,20H,2H2,1H3,(H,26,27)(H,28,29,30). The number of anilines is 1. The number of para-hydroxylation sites is 3. The van der Waals surface area contributed by atoms with Gasteiger partial charge in [0, 0.05) is 5.56 Å². The highest BCUT2D eigenvalue weighted by molar-refractivity contribution is 7.22. The maximum absolute atomic E-state index is 13.1. The van der Waals surface area contributed by atoms with Crippen molar-refractivity contribution in [3.8, 4) is 11.4 Å². The predicted molar refractivity (Wildman–Crippen MR) is 129 cm³/mol. The first-order chi connectivity index (χ1) is 16.1. The largest absolute Gasteiger partial charge is 0.449 e. The lowest BCUT2D eigenvalue weighted by molar-refractivity contribution is -0.124. The summed E-state index contributed by atoms with van der Waals surface area (Å²) in [5, 5.41) is 3.25. The number of nitrogens with zero attached hydrogens (tertiary/aromatic N) is 2. The molecule has 3 aromatic carbocycles. The Morgan fingerprint density at radius 2 is 1.70 bits per heavy atom. The topological polar surface area (TPSA) is 97.0 Å². The van der Waals surface area contributed by atoms with Crippen LogP contribution >= 0.6 is 11.3 Å². The molecule has 1 unspecified atom stereocenters. The van der Waals surface area contributed by atoms with Gasteiger partial charge in [-0.15, -0.1) is 0 Å². The molecule has 0 bridgehead atoms. The lowest BCUT2D eigenvalue weighted by atomic mass is 10.1. The molecule has 1 atom stereocenters. The number of rotatable bonds is 6. The molecular formula is C25H20N4O3S. The van der Waals surface area contributed by atoms with Gasteiger partial charge in [-0.2, -0.15) is 0 Å². The molecule has 33 heavy (non-hydrogen) atoms. The Hall–Kier alpha value is -4.04. The third kappa shape index (κ3) is 4.20. The lowest BCUT2D eigenvalue weighted by Gasteiger charge is -2.16. The fraction of sp³-hybridized carbons (Fsp3) is 0.120. The van der Waals surface area contributed by atoms with E-state index in [0.29, 0.717) is 28.5 Å². The van der Waals surface area contributed by atoms with Crippen molar-refractivity contribution in [2.75, 3.05) is 5.32 Å². The Kier molecular flexibility index (Phi) is 5.58. The third-order valence-corrected chi connectivity index (χ3v) is 6.18. The molecule has 0 radical (unpaired) electrons. The summed E-state index contributed by atoms with van der Waals surface area (Å²) in [5.74, 6) is -0.431. The Morgan fingerprint density at radius 1 is 0.970 bits per heavy atom. The summed E-state index contributed by atoms with van der Waals surface area (Å²) >= 11 is 1.37. The van der Waals surface area contributed by atoms with E-state index >= 15 is 0 Å². The summed E-state index contributed by atoms with van der Waals surface area (Å²) < 4.78 is 6.58. The molecule has 164 valence electrons. The van der Waals surface area contributed by atoms with Gasteiger partial charge in [0.25, 0.3) is 5.91 Å². The molecule has 2 N–H and O–H groups in total. The van der Waals surface area contributed by atoms with E-state index in [1.54, 1.807) is 25.1 Å². The van der Waals surface area contributed by atoms with Crippen LogP contribution in [0.3, 0.4) is 0 Å². The first-order valence-corrected chi connectivity index (χ1v) is 11.4. The molecule has 0 fully saturated rings. The second-order valence-corrected chi connectivity index (χ2v) is 8.46. The molecule has 5 rings (SSSR count). The number of imidazole rings is 1. The van der Waals surface area contributed by atoms with Gasteiger partial charge in [0.05, 0.1) is 26.8 Å². The summed E-state index contributed by atoms with van der Waals surface area (Å²) in [4.78, 5) is 38.1. The summed E-state index contributed by atoms with van der Waals surface area (Å²) in [7, 11) is 0. The first-order valence-electron chi connectivity index (χ1n) is 10.5. The number of nitrogens with one attached hydrogen (secondary N) is 2. The second kappa shape index (κ2) is 8.84. The lowest BCUT2D eigenvalue weighted by Crippen LogP contribution is -2.32. The van der Waals surface area contributed by atoms with Gasteiger partial charge in [-0.05, 0) is 36.8 Å². The molecule has 1 amide bonds. The van der Waals surface area contributed by atoms with Crippen LogP contribution in [-0.4, -0.2) is 32.9 Å². The zero-order valence-corrected chi connectivity index (χ0v) is 18.6. The average molecular weight is 457 g/mol. The monoisotopic (exact) mass is 456 g/mol. The predicted octanol–water partition coefficient (Wildman–Crippen LogP) is 5.41. The van der Waals surface area contributed by atoms with Gasteiger partial charge in [0.15, 0.2) is 11.2 Å². The Bertz CT molecular complexity index is 1410. The average Bonchev–Trinajstić information content (AvgIpc) is 3.45. The van der Waals surface area contributed by atoms with Crippen molar-refractivity contribution >= 4 is 49.6 Å². The first kappa shape index (κ1) is 20.8. The number of benzene rings is 3. The van der Waals surface area contributed by atoms with Crippen LogP contribution in [0.5, 0.6) is 0 Å². The number of ether oxygens (including phenoxy) is 1. The van der Waals surface area contributed by atoms with Crippen LogP contribution in [0.4, 0.5) is 5.13 Å². The summed E-state index contributed by atoms with van der Waals surface area (Å²) in [6.07, 6.45) is -0.622.